The van der Waals surface area contributed by atoms with Gasteiger partial charge in [0, 0.05) is 37.9 Å². The van der Waals surface area contributed by atoms with Crippen LogP contribution < -0.4 is 5.32 Å². The number of nitrogens with one attached hydrogen (secondary N) is 1. The standard InChI is InChI=1S/C21H23N5O5S/c1-13-10-16(12-19(15(13)3)32(30,31)24(4)5)21(27)22-20-11-14(2)23-25(20)17-6-8-18(9-7-17)26(28)29/h6-12H,1-5H3,(H,22,27). The van der Waals surface area contributed by atoms with Gasteiger partial charge in [0.2, 0.25) is 10.0 Å². The third-order valence-corrected chi connectivity index (χ3v) is 6.96. The molecule has 2 aromatic carbocycles. The van der Waals surface area contributed by atoms with Crippen LogP contribution in [0.5, 0.6) is 0 Å². The maximum Gasteiger partial charge on any atom is 0.269 e. The number of carbonyl (C=O) groups excluding carboxylic acids is 1. The third-order valence-electron chi connectivity index (χ3n) is 5.02. The van der Waals surface area contributed by atoms with Crippen LogP contribution in [0, 0.1) is 30.9 Å². The van der Waals surface area contributed by atoms with Gasteiger partial charge in [-0.3, -0.25) is 14.9 Å². The van der Waals surface area contributed by atoms with Gasteiger partial charge >= 0.3 is 0 Å². The average molecular weight is 458 g/mol. The summed E-state index contributed by atoms with van der Waals surface area (Å²) in [6, 6.07) is 10.4. The lowest BCUT2D eigenvalue weighted by Crippen LogP contribution is -2.24. The van der Waals surface area contributed by atoms with Gasteiger partial charge in [0.1, 0.15) is 5.82 Å². The Kier molecular flexibility index (Phi) is 6.15. The smallest absolute Gasteiger partial charge is 0.269 e. The van der Waals surface area contributed by atoms with E-state index in [2.05, 4.69) is 10.4 Å². The number of rotatable bonds is 6. The van der Waals surface area contributed by atoms with E-state index >= 15 is 0 Å². The number of sulfonamides is 1. The van der Waals surface area contributed by atoms with Gasteiger partial charge in [-0.15, -0.1) is 0 Å². The molecule has 0 atom stereocenters. The summed E-state index contributed by atoms with van der Waals surface area (Å²) >= 11 is 0. The van der Waals surface area contributed by atoms with Gasteiger partial charge < -0.3 is 5.32 Å². The number of hydrogen-bond acceptors (Lipinski definition) is 6. The summed E-state index contributed by atoms with van der Waals surface area (Å²) < 4.78 is 27.9. The van der Waals surface area contributed by atoms with E-state index in [0.717, 1.165) is 4.31 Å². The molecular formula is C21H23N5O5S. The number of nitro benzene ring substituents is 1. The van der Waals surface area contributed by atoms with Gasteiger partial charge in [0.15, 0.2) is 0 Å². The summed E-state index contributed by atoms with van der Waals surface area (Å²) in [5.74, 6) is -0.164. The Bertz CT molecular complexity index is 1310. The summed E-state index contributed by atoms with van der Waals surface area (Å²) in [7, 11) is -0.871. The highest BCUT2D eigenvalue weighted by Crippen LogP contribution is 2.25. The van der Waals surface area contributed by atoms with Gasteiger partial charge in [-0.25, -0.2) is 17.4 Å². The zero-order valence-corrected chi connectivity index (χ0v) is 19.1. The topological polar surface area (TPSA) is 127 Å². The maximum absolute atomic E-state index is 13.0. The van der Waals surface area contributed by atoms with Crippen molar-refractivity contribution in [1.82, 2.24) is 14.1 Å². The molecule has 0 aliphatic heterocycles. The molecule has 1 N–H and O–H groups in total. The molecule has 32 heavy (non-hydrogen) atoms. The van der Waals surface area contributed by atoms with E-state index in [-0.39, 0.29) is 16.1 Å². The van der Waals surface area contributed by atoms with E-state index in [1.807, 2.05) is 0 Å². The molecule has 3 aromatic rings. The van der Waals surface area contributed by atoms with Crippen molar-refractivity contribution in [3.05, 3.63) is 75.0 Å². The number of nitro groups is 1. The molecule has 168 valence electrons. The Balaban J connectivity index is 1.99. The second-order valence-corrected chi connectivity index (χ2v) is 9.63. The van der Waals surface area contributed by atoms with Gasteiger partial charge in [0.25, 0.3) is 11.6 Å². The largest absolute Gasteiger partial charge is 0.306 e. The Morgan fingerprint density at radius 3 is 2.28 bits per heavy atom. The quantitative estimate of drug-likeness (QED) is 0.447. The molecule has 0 unspecified atom stereocenters. The Labute approximate surface area is 185 Å². The van der Waals surface area contributed by atoms with E-state index in [9.17, 15) is 23.3 Å². The normalized spacial score (nSPS) is 11.6. The lowest BCUT2D eigenvalue weighted by molar-refractivity contribution is -0.384. The summed E-state index contributed by atoms with van der Waals surface area (Å²) in [5, 5.41) is 18.0. The van der Waals surface area contributed by atoms with E-state index in [0.29, 0.717) is 28.3 Å². The second-order valence-electron chi connectivity index (χ2n) is 7.51. The molecule has 0 radical (unpaired) electrons. The Morgan fingerprint density at radius 1 is 1.09 bits per heavy atom. The van der Waals surface area contributed by atoms with Crippen LogP contribution in [0.2, 0.25) is 0 Å². The minimum absolute atomic E-state index is 0.0621. The molecule has 0 saturated carbocycles. The third kappa shape index (κ3) is 4.39. The van der Waals surface area contributed by atoms with Gasteiger partial charge in [-0.1, -0.05) is 0 Å². The van der Waals surface area contributed by atoms with Crippen molar-refractivity contribution in [3.63, 3.8) is 0 Å². The summed E-state index contributed by atoms with van der Waals surface area (Å²) in [5.41, 5.74) is 2.50. The fourth-order valence-corrected chi connectivity index (χ4v) is 4.33. The molecule has 1 heterocycles. The van der Waals surface area contributed by atoms with Crippen LogP contribution >= 0.6 is 0 Å². The Morgan fingerprint density at radius 2 is 1.72 bits per heavy atom. The van der Waals surface area contributed by atoms with Crippen molar-refractivity contribution >= 4 is 27.4 Å². The van der Waals surface area contributed by atoms with Crippen LogP contribution in [0.4, 0.5) is 11.5 Å². The highest BCUT2D eigenvalue weighted by atomic mass is 32.2. The van der Waals surface area contributed by atoms with Crippen molar-refractivity contribution in [2.75, 3.05) is 19.4 Å². The first-order chi connectivity index (χ1) is 14.9. The number of amides is 1. The lowest BCUT2D eigenvalue weighted by atomic mass is 10.1. The molecule has 0 fully saturated rings. The van der Waals surface area contributed by atoms with Crippen molar-refractivity contribution in [2.24, 2.45) is 0 Å². The Hall–Kier alpha value is -3.57. The van der Waals surface area contributed by atoms with Crippen LogP contribution in [0.3, 0.4) is 0 Å². The molecule has 3 rings (SSSR count). The monoisotopic (exact) mass is 457 g/mol. The lowest BCUT2D eigenvalue weighted by Gasteiger charge is -2.16. The van der Waals surface area contributed by atoms with Gasteiger partial charge in [-0.2, -0.15) is 5.10 Å². The fraction of sp³-hybridized carbons (Fsp3) is 0.238. The predicted molar refractivity (Wildman–Crippen MR) is 120 cm³/mol. The fourth-order valence-electron chi connectivity index (χ4n) is 3.11. The van der Waals surface area contributed by atoms with Crippen molar-refractivity contribution < 1.29 is 18.1 Å². The van der Waals surface area contributed by atoms with Crippen LogP contribution in [-0.2, 0) is 10.0 Å². The molecule has 11 heteroatoms. The first-order valence-electron chi connectivity index (χ1n) is 9.58. The highest BCUT2D eigenvalue weighted by molar-refractivity contribution is 7.89. The zero-order valence-electron chi connectivity index (χ0n) is 18.3. The van der Waals surface area contributed by atoms with Gasteiger partial charge in [-0.05, 0) is 56.2 Å². The van der Waals surface area contributed by atoms with E-state index in [1.165, 1.54) is 49.1 Å². The molecule has 0 spiro atoms. The summed E-state index contributed by atoms with van der Waals surface area (Å²) in [6.07, 6.45) is 0. The minimum Gasteiger partial charge on any atom is -0.306 e. The predicted octanol–water partition coefficient (Wildman–Crippen LogP) is 3.21. The molecule has 1 aromatic heterocycles. The first-order valence-corrected chi connectivity index (χ1v) is 11.0. The highest BCUT2D eigenvalue weighted by Gasteiger charge is 2.23. The van der Waals surface area contributed by atoms with Crippen LogP contribution in [0.25, 0.3) is 5.69 Å². The van der Waals surface area contributed by atoms with E-state index in [4.69, 9.17) is 0 Å². The zero-order chi connectivity index (χ0) is 23.8. The van der Waals surface area contributed by atoms with Crippen LogP contribution in [0.1, 0.15) is 27.2 Å². The molecular weight excluding hydrogens is 434 g/mol. The van der Waals surface area contributed by atoms with Crippen molar-refractivity contribution in [3.8, 4) is 5.69 Å². The molecule has 0 aliphatic rings. The molecule has 1 amide bonds. The number of nitrogens with zero attached hydrogens (tertiary/aromatic N) is 4. The molecule has 0 bridgehead atoms. The minimum atomic E-state index is -3.74. The molecule has 0 aliphatic carbocycles. The van der Waals surface area contributed by atoms with Crippen LogP contribution in [0.15, 0.2) is 47.4 Å². The van der Waals surface area contributed by atoms with Crippen LogP contribution in [-0.4, -0.2) is 47.4 Å². The second kappa shape index (κ2) is 8.52. The number of aromatic nitrogens is 2. The van der Waals surface area contributed by atoms with Crippen molar-refractivity contribution in [2.45, 2.75) is 25.7 Å². The number of hydrogen-bond donors (Lipinski definition) is 1. The SMILES string of the molecule is Cc1cc(NC(=O)c2cc(C)c(C)c(S(=O)(=O)N(C)C)c2)n(-c2ccc([N+](=O)[O-])cc2)n1. The number of carbonyl (C=O) groups is 1. The first kappa shape index (κ1) is 23.1. The number of anilines is 1. The summed E-state index contributed by atoms with van der Waals surface area (Å²) in [6.45, 7) is 5.18. The summed E-state index contributed by atoms with van der Waals surface area (Å²) in [4.78, 5) is 23.5. The van der Waals surface area contributed by atoms with Gasteiger partial charge in [0.05, 0.1) is 21.2 Å². The molecule has 0 saturated heterocycles. The average Bonchev–Trinajstić information content (AvgIpc) is 3.09. The number of benzene rings is 2. The number of non-ortho nitro benzene ring substituents is 1. The van der Waals surface area contributed by atoms with Crippen molar-refractivity contribution in [1.29, 1.82) is 0 Å². The maximum atomic E-state index is 13.0. The number of aryl methyl sites for hydroxylation is 2. The van der Waals surface area contributed by atoms with E-state index < -0.39 is 20.9 Å². The molecule has 10 nitrogen and oxygen atoms in total. The van der Waals surface area contributed by atoms with E-state index in [1.54, 1.807) is 32.9 Å².